The number of rotatable bonds is 3. The number of halogens is 3. The lowest BCUT2D eigenvalue weighted by atomic mass is 9.62. The van der Waals surface area contributed by atoms with Crippen molar-refractivity contribution in [2.75, 3.05) is 19.0 Å². The van der Waals surface area contributed by atoms with E-state index in [1.807, 2.05) is 13.8 Å². The minimum Gasteiger partial charge on any atom is -0.411 e. The van der Waals surface area contributed by atoms with Gasteiger partial charge in [-0.2, -0.15) is 13.2 Å². The Bertz CT molecular complexity index is 989. The van der Waals surface area contributed by atoms with E-state index in [-0.39, 0.29) is 16.4 Å². The lowest BCUT2D eigenvalue weighted by Crippen LogP contribution is -2.34. The van der Waals surface area contributed by atoms with Crippen LogP contribution in [0.25, 0.3) is 11.1 Å². The molecule has 3 rings (SSSR count). The number of hydrogen-bond acceptors (Lipinski definition) is 3. The van der Waals surface area contributed by atoms with E-state index in [0.717, 1.165) is 24.0 Å². The van der Waals surface area contributed by atoms with Crippen molar-refractivity contribution in [2.24, 2.45) is 5.16 Å². The molecule has 0 spiro atoms. The summed E-state index contributed by atoms with van der Waals surface area (Å²) in [6.07, 6.45) is -1.51. The fourth-order valence-corrected chi connectivity index (χ4v) is 4.38. The van der Waals surface area contributed by atoms with Crippen LogP contribution in [0, 0.1) is 0 Å². The monoisotopic (exact) mass is 418 g/mol. The topological polar surface area (TPSA) is 35.8 Å². The summed E-state index contributed by atoms with van der Waals surface area (Å²) in [5.74, 6) is 0. The van der Waals surface area contributed by atoms with Crippen LogP contribution in [0.5, 0.6) is 0 Å². The van der Waals surface area contributed by atoms with E-state index in [2.05, 4.69) is 19.0 Å². The fraction of sp³-hybridized carbons (Fsp3) is 0.458. The predicted molar refractivity (Wildman–Crippen MR) is 116 cm³/mol. The maximum atomic E-state index is 14.2. The Balaban J connectivity index is 2.42. The third kappa shape index (κ3) is 3.92. The van der Waals surface area contributed by atoms with Crippen LogP contribution < -0.4 is 4.90 Å². The zero-order valence-electron chi connectivity index (χ0n) is 18.4. The second kappa shape index (κ2) is 7.33. The van der Waals surface area contributed by atoms with Gasteiger partial charge in [0.25, 0.3) is 0 Å². The van der Waals surface area contributed by atoms with Crippen LogP contribution in [-0.2, 0) is 17.0 Å². The number of oxime groups is 1. The van der Waals surface area contributed by atoms with Crippen molar-refractivity contribution in [3.63, 3.8) is 0 Å². The molecule has 1 aliphatic carbocycles. The predicted octanol–water partition coefficient (Wildman–Crippen LogP) is 6.60. The normalized spacial score (nSPS) is 17.8. The quantitative estimate of drug-likeness (QED) is 0.346. The second-order valence-electron chi connectivity index (χ2n) is 9.62. The van der Waals surface area contributed by atoms with Gasteiger partial charge in [0.15, 0.2) is 0 Å². The summed E-state index contributed by atoms with van der Waals surface area (Å²) in [6.45, 7) is 8.23. The van der Waals surface area contributed by atoms with Crippen LogP contribution in [0.2, 0.25) is 0 Å². The molecule has 0 bridgehead atoms. The summed E-state index contributed by atoms with van der Waals surface area (Å²) < 4.78 is 42.7. The van der Waals surface area contributed by atoms with E-state index >= 15 is 0 Å². The molecular formula is C24H29F3N2O. The maximum absolute atomic E-state index is 14.2. The number of nitrogens with zero attached hydrogens (tertiary/aromatic N) is 2. The van der Waals surface area contributed by atoms with Gasteiger partial charge in [0.1, 0.15) is 0 Å². The molecule has 2 aromatic carbocycles. The Hall–Kier alpha value is -2.50. The third-order valence-electron chi connectivity index (χ3n) is 6.30. The number of hydrogen-bond donors (Lipinski definition) is 1. The summed E-state index contributed by atoms with van der Waals surface area (Å²) in [5, 5.41) is 11.9. The summed E-state index contributed by atoms with van der Waals surface area (Å²) in [4.78, 5) is 1.80. The minimum atomic E-state index is -4.49. The molecule has 0 fully saturated rings. The fourth-order valence-electron chi connectivity index (χ4n) is 4.38. The van der Waals surface area contributed by atoms with Crippen LogP contribution in [-0.4, -0.2) is 25.5 Å². The zero-order valence-corrected chi connectivity index (χ0v) is 18.4. The molecular weight excluding hydrogens is 389 g/mol. The summed E-state index contributed by atoms with van der Waals surface area (Å²) >= 11 is 0. The minimum absolute atomic E-state index is 0.156. The Kier molecular flexibility index (Phi) is 5.42. The average Bonchev–Trinajstić information content (AvgIpc) is 2.64. The van der Waals surface area contributed by atoms with E-state index in [4.69, 9.17) is 5.21 Å². The maximum Gasteiger partial charge on any atom is 0.417 e. The molecule has 6 heteroatoms. The Labute approximate surface area is 176 Å². The van der Waals surface area contributed by atoms with Gasteiger partial charge in [-0.1, -0.05) is 38.9 Å². The van der Waals surface area contributed by atoms with E-state index in [0.29, 0.717) is 16.8 Å². The van der Waals surface area contributed by atoms with Crippen molar-refractivity contribution in [1.29, 1.82) is 0 Å². The average molecular weight is 419 g/mol. The van der Waals surface area contributed by atoms with E-state index in [1.54, 1.807) is 43.3 Å². The number of anilines is 1. The molecule has 0 atom stereocenters. The number of alkyl halides is 3. The molecule has 0 heterocycles. The van der Waals surface area contributed by atoms with Gasteiger partial charge in [-0.3, -0.25) is 0 Å². The lowest BCUT2D eigenvalue weighted by Gasteiger charge is -2.42. The molecule has 0 saturated heterocycles. The molecule has 3 nitrogen and oxygen atoms in total. The molecule has 0 saturated carbocycles. The first kappa shape index (κ1) is 22.2. The van der Waals surface area contributed by atoms with Crippen molar-refractivity contribution in [3.8, 4) is 11.1 Å². The van der Waals surface area contributed by atoms with Gasteiger partial charge in [-0.15, -0.1) is 0 Å². The van der Waals surface area contributed by atoms with Gasteiger partial charge in [-0.05, 0) is 70.2 Å². The smallest absolute Gasteiger partial charge is 0.411 e. The number of benzene rings is 2. The second-order valence-corrected chi connectivity index (χ2v) is 9.62. The standard InChI is InChI=1S/C24H29F3N2O/c1-22(2)9-10-23(3,4)20-13-18(24(25,26)27)16(12-19(20)22)17-11-15(14-28-30)7-8-21(17)29(5)6/h7-8,11-14,30H,9-10H2,1-6H3/b28-14+. The molecule has 0 radical (unpaired) electrons. The van der Waals surface area contributed by atoms with Crippen molar-refractivity contribution >= 4 is 11.9 Å². The molecule has 0 aromatic heterocycles. The highest BCUT2D eigenvalue weighted by Crippen LogP contribution is 2.50. The van der Waals surface area contributed by atoms with Crippen molar-refractivity contribution in [2.45, 2.75) is 57.5 Å². The van der Waals surface area contributed by atoms with E-state index in [1.165, 1.54) is 12.3 Å². The van der Waals surface area contributed by atoms with Crippen LogP contribution in [0.15, 0.2) is 35.5 Å². The first-order chi connectivity index (χ1) is 13.8. The molecule has 30 heavy (non-hydrogen) atoms. The first-order valence-electron chi connectivity index (χ1n) is 10.0. The van der Waals surface area contributed by atoms with Gasteiger partial charge in [0.2, 0.25) is 0 Å². The number of fused-ring (bicyclic) bond motifs is 1. The van der Waals surface area contributed by atoms with E-state index in [9.17, 15) is 13.2 Å². The molecule has 1 N–H and O–H groups in total. The molecule has 0 amide bonds. The molecule has 0 aliphatic heterocycles. The van der Waals surface area contributed by atoms with Crippen molar-refractivity contribution in [1.82, 2.24) is 0 Å². The first-order valence-corrected chi connectivity index (χ1v) is 10.0. The SMILES string of the molecule is CN(C)c1ccc(/C=N/O)cc1-c1cc2c(cc1C(F)(F)F)C(C)(C)CCC2(C)C. The van der Waals surface area contributed by atoms with Gasteiger partial charge in [-0.25, -0.2) is 0 Å². The van der Waals surface area contributed by atoms with Crippen molar-refractivity contribution < 1.29 is 18.4 Å². The van der Waals surface area contributed by atoms with Gasteiger partial charge < -0.3 is 10.1 Å². The van der Waals surface area contributed by atoms with Gasteiger partial charge >= 0.3 is 6.18 Å². The molecule has 162 valence electrons. The Morgan fingerprint density at radius 1 is 0.933 bits per heavy atom. The van der Waals surface area contributed by atoms with Crippen molar-refractivity contribution in [3.05, 3.63) is 52.6 Å². The summed E-state index contributed by atoms with van der Waals surface area (Å²) in [7, 11) is 3.61. The highest BCUT2D eigenvalue weighted by atomic mass is 19.4. The van der Waals surface area contributed by atoms with Gasteiger partial charge in [0.05, 0.1) is 11.8 Å². The highest BCUT2D eigenvalue weighted by molar-refractivity contribution is 5.88. The molecule has 2 aromatic rings. The molecule has 0 unspecified atom stereocenters. The van der Waals surface area contributed by atoms with E-state index < -0.39 is 11.7 Å². The van der Waals surface area contributed by atoms with Crippen LogP contribution >= 0.6 is 0 Å². The zero-order chi connectivity index (χ0) is 22.5. The molecule has 1 aliphatic rings. The summed E-state index contributed by atoms with van der Waals surface area (Å²) in [6, 6.07) is 8.21. The van der Waals surface area contributed by atoms with Gasteiger partial charge in [0, 0.05) is 25.3 Å². The van der Waals surface area contributed by atoms with Crippen LogP contribution in [0.3, 0.4) is 0 Å². The van der Waals surface area contributed by atoms with Crippen LogP contribution in [0.4, 0.5) is 18.9 Å². The third-order valence-corrected chi connectivity index (χ3v) is 6.30. The Morgan fingerprint density at radius 2 is 1.50 bits per heavy atom. The largest absolute Gasteiger partial charge is 0.417 e. The van der Waals surface area contributed by atoms with Crippen LogP contribution in [0.1, 0.15) is 62.8 Å². The Morgan fingerprint density at radius 3 is 2.00 bits per heavy atom. The highest BCUT2D eigenvalue weighted by Gasteiger charge is 2.42. The summed E-state index contributed by atoms with van der Waals surface area (Å²) in [5.41, 5.74) is 2.39. The lowest BCUT2D eigenvalue weighted by molar-refractivity contribution is -0.137.